The van der Waals surface area contributed by atoms with Gasteiger partial charge in [0.05, 0.1) is 23.1 Å². The Labute approximate surface area is 137 Å². The third-order valence-corrected chi connectivity index (χ3v) is 3.62. The van der Waals surface area contributed by atoms with Crippen LogP contribution in [0.3, 0.4) is 0 Å². The van der Waals surface area contributed by atoms with E-state index in [1.54, 1.807) is 41.9 Å². The number of aromatic nitrogens is 2. The summed E-state index contributed by atoms with van der Waals surface area (Å²) in [5, 5.41) is 4.19. The van der Waals surface area contributed by atoms with Gasteiger partial charge in [-0.05, 0) is 55.0 Å². The van der Waals surface area contributed by atoms with Crippen molar-refractivity contribution in [2.75, 3.05) is 0 Å². The van der Waals surface area contributed by atoms with Gasteiger partial charge >= 0.3 is 0 Å². The van der Waals surface area contributed by atoms with E-state index in [4.69, 9.17) is 0 Å². The molecule has 3 nitrogen and oxygen atoms in total. The number of hydrogen-bond acceptors (Lipinski definition) is 2. The first-order valence-electron chi connectivity index (χ1n) is 7.33. The maximum atomic E-state index is 13.1. The lowest BCUT2D eigenvalue weighted by Gasteiger charge is -2.04. The Balaban J connectivity index is 1.85. The van der Waals surface area contributed by atoms with Crippen LogP contribution in [0.5, 0.6) is 0 Å². The molecule has 0 bridgehead atoms. The Kier molecular flexibility index (Phi) is 4.33. The zero-order valence-electron chi connectivity index (χ0n) is 12.9. The quantitative estimate of drug-likeness (QED) is 0.528. The predicted octanol–water partition coefficient (Wildman–Crippen LogP) is 4.36. The lowest BCUT2D eigenvalue weighted by atomic mass is 10.1. The molecule has 0 aliphatic heterocycles. The molecule has 0 amide bonds. The van der Waals surface area contributed by atoms with Crippen LogP contribution in [-0.2, 0) is 0 Å². The third-order valence-electron chi connectivity index (χ3n) is 3.62. The average molecular weight is 324 g/mol. The van der Waals surface area contributed by atoms with Gasteiger partial charge in [-0.15, -0.1) is 0 Å². The normalized spacial score (nSPS) is 11.1. The zero-order chi connectivity index (χ0) is 17.1. The van der Waals surface area contributed by atoms with Crippen LogP contribution < -0.4 is 0 Å². The summed E-state index contributed by atoms with van der Waals surface area (Å²) in [4.78, 5) is 12.3. The van der Waals surface area contributed by atoms with Crippen molar-refractivity contribution in [3.05, 3.63) is 89.3 Å². The summed E-state index contributed by atoms with van der Waals surface area (Å²) >= 11 is 0. The van der Waals surface area contributed by atoms with Crippen molar-refractivity contribution in [3.8, 4) is 5.69 Å². The fourth-order valence-corrected chi connectivity index (χ4v) is 2.37. The summed E-state index contributed by atoms with van der Waals surface area (Å²) in [6, 6.07) is 11.8. The van der Waals surface area contributed by atoms with Crippen molar-refractivity contribution in [2.24, 2.45) is 0 Å². The minimum absolute atomic E-state index is 0.231. The maximum Gasteiger partial charge on any atom is 0.189 e. The van der Waals surface area contributed by atoms with E-state index in [9.17, 15) is 13.6 Å². The number of carbonyl (C=O) groups is 1. The van der Waals surface area contributed by atoms with Crippen LogP contribution in [0.2, 0.25) is 0 Å². The molecular formula is C19H14F2N2O. The summed E-state index contributed by atoms with van der Waals surface area (Å²) in [5.41, 5.74) is 2.36. The van der Waals surface area contributed by atoms with Gasteiger partial charge in [0.2, 0.25) is 0 Å². The van der Waals surface area contributed by atoms with Gasteiger partial charge in [-0.2, -0.15) is 5.10 Å². The number of carbonyl (C=O) groups excluding carboxylic acids is 1. The minimum atomic E-state index is -0.357. The van der Waals surface area contributed by atoms with E-state index in [0.717, 1.165) is 0 Å². The molecule has 5 heteroatoms. The van der Waals surface area contributed by atoms with Crippen molar-refractivity contribution in [3.63, 3.8) is 0 Å². The van der Waals surface area contributed by atoms with Gasteiger partial charge in [0.15, 0.2) is 5.78 Å². The van der Waals surface area contributed by atoms with Gasteiger partial charge in [-0.25, -0.2) is 13.5 Å². The molecule has 2 aromatic carbocycles. The molecule has 3 rings (SSSR count). The molecule has 0 saturated heterocycles. The van der Waals surface area contributed by atoms with Gasteiger partial charge in [0.1, 0.15) is 11.6 Å². The van der Waals surface area contributed by atoms with E-state index in [1.165, 1.54) is 36.5 Å². The lowest BCUT2D eigenvalue weighted by molar-refractivity contribution is 0.104. The predicted molar refractivity (Wildman–Crippen MR) is 88.0 cm³/mol. The van der Waals surface area contributed by atoms with Crippen molar-refractivity contribution < 1.29 is 13.6 Å². The minimum Gasteiger partial charge on any atom is -0.289 e. The third kappa shape index (κ3) is 3.30. The first-order valence-corrected chi connectivity index (χ1v) is 7.33. The van der Waals surface area contributed by atoms with Gasteiger partial charge in [-0.1, -0.05) is 18.2 Å². The molecule has 0 unspecified atom stereocenters. The van der Waals surface area contributed by atoms with E-state index in [1.807, 2.05) is 0 Å². The van der Waals surface area contributed by atoms with Gasteiger partial charge < -0.3 is 0 Å². The Hall–Kier alpha value is -3.08. The monoisotopic (exact) mass is 324 g/mol. The van der Waals surface area contributed by atoms with Crippen LogP contribution in [-0.4, -0.2) is 15.6 Å². The van der Waals surface area contributed by atoms with Crippen LogP contribution in [0.4, 0.5) is 8.78 Å². The molecule has 0 N–H and O–H groups in total. The molecule has 1 aromatic heterocycles. The second-order valence-electron chi connectivity index (χ2n) is 5.28. The lowest BCUT2D eigenvalue weighted by Crippen LogP contribution is -2.01. The molecule has 24 heavy (non-hydrogen) atoms. The van der Waals surface area contributed by atoms with Crippen molar-refractivity contribution in [2.45, 2.75) is 6.92 Å². The fourth-order valence-electron chi connectivity index (χ4n) is 2.37. The summed E-state index contributed by atoms with van der Waals surface area (Å²) in [7, 11) is 0. The fraction of sp³-hybridized carbons (Fsp3) is 0.0526. The van der Waals surface area contributed by atoms with Gasteiger partial charge in [-0.3, -0.25) is 4.79 Å². The van der Waals surface area contributed by atoms with E-state index in [2.05, 4.69) is 5.10 Å². The first kappa shape index (κ1) is 15.8. The largest absolute Gasteiger partial charge is 0.289 e. The maximum absolute atomic E-state index is 13.1. The van der Waals surface area contributed by atoms with E-state index in [-0.39, 0.29) is 17.4 Å². The smallest absolute Gasteiger partial charge is 0.189 e. The second-order valence-corrected chi connectivity index (χ2v) is 5.28. The summed E-state index contributed by atoms with van der Waals surface area (Å²) < 4.78 is 27.7. The zero-order valence-corrected chi connectivity index (χ0v) is 12.9. The van der Waals surface area contributed by atoms with Crippen molar-refractivity contribution in [1.82, 2.24) is 9.78 Å². The number of ketones is 1. The molecule has 120 valence electrons. The molecule has 0 fully saturated rings. The van der Waals surface area contributed by atoms with E-state index < -0.39 is 0 Å². The summed E-state index contributed by atoms with van der Waals surface area (Å²) in [5.74, 6) is -0.923. The molecule has 0 aliphatic carbocycles. The Morgan fingerprint density at radius 3 is 2.54 bits per heavy atom. The number of rotatable bonds is 4. The SMILES string of the molecule is Cc1c(C(=O)C=Cc2cccc(F)c2)cnn1-c1ccc(F)cc1. The number of allylic oxidation sites excluding steroid dienone is 1. The molecule has 3 aromatic rings. The number of halogens is 2. The van der Waals surface area contributed by atoms with Crippen LogP contribution in [0.25, 0.3) is 11.8 Å². The number of benzene rings is 2. The van der Waals surface area contributed by atoms with Crippen LogP contribution in [0.15, 0.2) is 60.8 Å². The van der Waals surface area contributed by atoms with E-state index >= 15 is 0 Å². The highest BCUT2D eigenvalue weighted by atomic mass is 19.1. The molecule has 0 aliphatic rings. The number of hydrogen-bond donors (Lipinski definition) is 0. The van der Waals surface area contributed by atoms with Crippen molar-refractivity contribution >= 4 is 11.9 Å². The van der Waals surface area contributed by atoms with Crippen LogP contribution in [0, 0.1) is 18.6 Å². The summed E-state index contributed by atoms with van der Waals surface area (Å²) in [6.07, 6.45) is 4.41. The van der Waals surface area contributed by atoms with Gasteiger partial charge in [0.25, 0.3) is 0 Å². The molecule has 0 atom stereocenters. The molecule has 0 saturated carbocycles. The Morgan fingerprint density at radius 2 is 1.83 bits per heavy atom. The second kappa shape index (κ2) is 6.58. The highest BCUT2D eigenvalue weighted by Gasteiger charge is 2.13. The molecule has 1 heterocycles. The number of nitrogens with zero attached hydrogens (tertiary/aromatic N) is 2. The van der Waals surface area contributed by atoms with E-state index in [0.29, 0.717) is 22.5 Å². The van der Waals surface area contributed by atoms with Gasteiger partial charge in [0, 0.05) is 0 Å². The van der Waals surface area contributed by atoms with Crippen LogP contribution >= 0.6 is 0 Å². The average Bonchev–Trinajstić information content (AvgIpc) is 2.95. The highest BCUT2D eigenvalue weighted by Crippen LogP contribution is 2.16. The Bertz CT molecular complexity index is 911. The standard InChI is InChI=1S/C19H14F2N2O/c1-13-18(12-22-23(13)17-8-6-15(20)7-9-17)19(24)10-5-14-3-2-4-16(21)11-14/h2-12H,1H3. The summed E-state index contributed by atoms with van der Waals surface area (Å²) in [6.45, 7) is 1.76. The molecular weight excluding hydrogens is 310 g/mol. The Morgan fingerprint density at radius 1 is 1.08 bits per heavy atom. The topological polar surface area (TPSA) is 34.9 Å². The van der Waals surface area contributed by atoms with Crippen molar-refractivity contribution in [1.29, 1.82) is 0 Å². The molecule has 0 radical (unpaired) electrons. The molecule has 0 spiro atoms. The first-order chi connectivity index (χ1) is 11.5. The highest BCUT2D eigenvalue weighted by molar-refractivity contribution is 6.07. The van der Waals surface area contributed by atoms with Crippen LogP contribution in [0.1, 0.15) is 21.6 Å².